The van der Waals surface area contributed by atoms with Crippen LogP contribution in [0.5, 0.6) is 0 Å². The van der Waals surface area contributed by atoms with E-state index in [4.69, 9.17) is 0 Å². The van der Waals surface area contributed by atoms with Gasteiger partial charge in [-0.05, 0) is 34.0 Å². The molecule has 3 nitrogen and oxygen atoms in total. The zero-order chi connectivity index (χ0) is 17.5. The molecule has 0 aromatic heterocycles. The zero-order valence-electron chi connectivity index (χ0n) is 13.5. The molecule has 0 bridgehead atoms. The molecule has 1 amide bonds. The predicted molar refractivity (Wildman–Crippen MR) is 102 cm³/mol. The van der Waals surface area contributed by atoms with E-state index in [9.17, 15) is 9.18 Å². The molecule has 0 saturated carbocycles. The molecule has 5 heteroatoms. The first-order valence-corrected chi connectivity index (χ1v) is 8.99. The highest BCUT2D eigenvalue weighted by molar-refractivity contribution is 7.99. The number of thioether (sulfide) groups is 1. The van der Waals surface area contributed by atoms with Gasteiger partial charge in [0, 0.05) is 5.75 Å². The Hall–Kier alpha value is -2.66. The fraction of sp³-hybridized carbons (Fsp3) is 0.100. The van der Waals surface area contributed by atoms with Gasteiger partial charge in [0.15, 0.2) is 0 Å². The van der Waals surface area contributed by atoms with Crippen LogP contribution in [0.15, 0.2) is 71.8 Å². The molecule has 3 aromatic carbocycles. The van der Waals surface area contributed by atoms with Crippen LogP contribution in [-0.2, 0) is 10.5 Å². The first-order valence-electron chi connectivity index (χ1n) is 7.83. The minimum Gasteiger partial charge on any atom is -0.272 e. The summed E-state index contributed by atoms with van der Waals surface area (Å²) in [6, 6.07) is 20.4. The van der Waals surface area contributed by atoms with E-state index in [0.29, 0.717) is 5.75 Å². The normalized spacial score (nSPS) is 11.1. The third-order valence-electron chi connectivity index (χ3n) is 3.59. The van der Waals surface area contributed by atoms with Crippen molar-refractivity contribution in [2.45, 2.75) is 5.75 Å². The van der Waals surface area contributed by atoms with Crippen LogP contribution < -0.4 is 5.43 Å². The monoisotopic (exact) mass is 352 g/mol. The second kappa shape index (κ2) is 8.44. The quantitative estimate of drug-likeness (QED) is 0.529. The van der Waals surface area contributed by atoms with Gasteiger partial charge in [0.1, 0.15) is 5.82 Å². The van der Waals surface area contributed by atoms with Crippen molar-refractivity contribution in [3.63, 3.8) is 0 Å². The Morgan fingerprint density at radius 3 is 2.60 bits per heavy atom. The van der Waals surface area contributed by atoms with E-state index in [0.717, 1.165) is 11.3 Å². The van der Waals surface area contributed by atoms with Crippen LogP contribution in [0.25, 0.3) is 10.8 Å². The van der Waals surface area contributed by atoms with Gasteiger partial charge in [-0.2, -0.15) is 5.10 Å². The van der Waals surface area contributed by atoms with Crippen molar-refractivity contribution in [3.8, 4) is 0 Å². The molecule has 3 rings (SSSR count). The molecule has 0 unspecified atom stereocenters. The van der Waals surface area contributed by atoms with Crippen LogP contribution in [0.2, 0.25) is 0 Å². The van der Waals surface area contributed by atoms with Gasteiger partial charge in [-0.3, -0.25) is 4.79 Å². The molecule has 126 valence electrons. The number of hydrazone groups is 1. The van der Waals surface area contributed by atoms with E-state index in [-0.39, 0.29) is 11.7 Å². The first kappa shape index (κ1) is 17.2. The molecular formula is C20H17FN2OS. The van der Waals surface area contributed by atoms with Crippen molar-refractivity contribution in [1.29, 1.82) is 0 Å². The van der Waals surface area contributed by atoms with Gasteiger partial charge in [0.2, 0.25) is 5.91 Å². The Balaban J connectivity index is 1.44. The lowest BCUT2D eigenvalue weighted by molar-refractivity contribution is -0.118. The lowest BCUT2D eigenvalue weighted by Gasteiger charge is -2.04. The Kier molecular flexibility index (Phi) is 5.80. The van der Waals surface area contributed by atoms with Crippen LogP contribution in [0, 0.1) is 5.82 Å². The fourth-order valence-corrected chi connectivity index (χ4v) is 3.12. The number of benzene rings is 3. The Morgan fingerprint density at radius 2 is 1.80 bits per heavy atom. The molecule has 0 spiro atoms. The summed E-state index contributed by atoms with van der Waals surface area (Å²) in [6.45, 7) is 0. The summed E-state index contributed by atoms with van der Waals surface area (Å²) in [7, 11) is 0. The Labute approximate surface area is 149 Å². The van der Waals surface area contributed by atoms with Gasteiger partial charge in [-0.25, -0.2) is 9.82 Å². The van der Waals surface area contributed by atoms with Gasteiger partial charge in [0.25, 0.3) is 0 Å². The molecule has 0 radical (unpaired) electrons. The average molecular weight is 352 g/mol. The molecule has 0 aliphatic rings. The van der Waals surface area contributed by atoms with Crippen LogP contribution in [0.1, 0.15) is 11.1 Å². The minimum absolute atomic E-state index is 0.163. The van der Waals surface area contributed by atoms with Crippen molar-refractivity contribution < 1.29 is 9.18 Å². The highest BCUT2D eigenvalue weighted by atomic mass is 32.2. The highest BCUT2D eigenvalue weighted by Gasteiger charge is 2.02. The maximum absolute atomic E-state index is 12.8. The number of nitrogens with zero attached hydrogens (tertiary/aromatic N) is 1. The highest BCUT2D eigenvalue weighted by Crippen LogP contribution is 2.19. The number of hydrogen-bond acceptors (Lipinski definition) is 3. The van der Waals surface area contributed by atoms with Crippen LogP contribution in [0.3, 0.4) is 0 Å². The molecule has 0 atom stereocenters. The van der Waals surface area contributed by atoms with Gasteiger partial charge in [0.05, 0.1) is 12.0 Å². The summed E-state index contributed by atoms with van der Waals surface area (Å²) in [5, 5.41) is 6.29. The van der Waals surface area contributed by atoms with Crippen molar-refractivity contribution in [3.05, 3.63) is 83.7 Å². The molecule has 1 N–H and O–H groups in total. The predicted octanol–water partition coefficient (Wildman–Crippen LogP) is 4.36. The van der Waals surface area contributed by atoms with Crippen molar-refractivity contribution in [1.82, 2.24) is 5.43 Å². The number of carbonyl (C=O) groups is 1. The number of fused-ring (bicyclic) bond motifs is 1. The number of halogens is 1. The second-order valence-electron chi connectivity index (χ2n) is 5.52. The SMILES string of the molecule is O=C(CSCc1ccc2ccccc2c1)N/N=C\c1ccc(F)cc1. The van der Waals surface area contributed by atoms with Crippen molar-refractivity contribution in [2.24, 2.45) is 5.10 Å². The molecule has 0 saturated heterocycles. The van der Waals surface area contributed by atoms with Crippen molar-refractivity contribution >= 4 is 34.7 Å². The fourth-order valence-electron chi connectivity index (χ4n) is 2.35. The summed E-state index contributed by atoms with van der Waals surface area (Å²) in [5.74, 6) is 0.628. The summed E-state index contributed by atoms with van der Waals surface area (Å²) in [6.07, 6.45) is 1.49. The smallest absolute Gasteiger partial charge is 0.250 e. The summed E-state index contributed by atoms with van der Waals surface area (Å²) >= 11 is 1.54. The topological polar surface area (TPSA) is 41.5 Å². The van der Waals surface area contributed by atoms with E-state index in [1.54, 1.807) is 12.1 Å². The van der Waals surface area contributed by atoms with Gasteiger partial charge < -0.3 is 0 Å². The lowest BCUT2D eigenvalue weighted by Crippen LogP contribution is -2.19. The summed E-state index contributed by atoms with van der Waals surface area (Å²) in [4.78, 5) is 11.8. The van der Waals surface area contributed by atoms with Gasteiger partial charge >= 0.3 is 0 Å². The van der Waals surface area contributed by atoms with Crippen LogP contribution in [-0.4, -0.2) is 17.9 Å². The number of nitrogens with one attached hydrogen (secondary N) is 1. The van der Waals surface area contributed by atoms with Crippen LogP contribution >= 0.6 is 11.8 Å². The number of hydrogen-bond donors (Lipinski definition) is 1. The van der Waals surface area contributed by atoms with Crippen molar-refractivity contribution in [2.75, 3.05) is 5.75 Å². The largest absolute Gasteiger partial charge is 0.272 e. The number of carbonyl (C=O) groups excluding carboxylic acids is 1. The molecule has 0 aliphatic carbocycles. The average Bonchev–Trinajstić information content (AvgIpc) is 2.63. The maximum atomic E-state index is 12.8. The van der Waals surface area contributed by atoms with E-state index in [1.807, 2.05) is 12.1 Å². The third kappa shape index (κ3) is 5.16. The van der Waals surface area contributed by atoms with E-state index >= 15 is 0 Å². The minimum atomic E-state index is -0.300. The summed E-state index contributed by atoms with van der Waals surface area (Å²) < 4.78 is 12.8. The first-order chi connectivity index (χ1) is 12.2. The standard InChI is InChI=1S/C20H17FN2OS/c21-19-9-6-15(7-10-19)12-22-23-20(24)14-25-13-16-5-8-17-3-1-2-4-18(17)11-16/h1-12H,13-14H2,(H,23,24)/b22-12-. The summed E-state index contributed by atoms with van der Waals surface area (Å²) in [5.41, 5.74) is 4.39. The third-order valence-corrected chi connectivity index (χ3v) is 4.59. The van der Waals surface area contributed by atoms with Crippen LogP contribution in [0.4, 0.5) is 4.39 Å². The molecule has 0 heterocycles. The van der Waals surface area contributed by atoms with Gasteiger partial charge in [-0.15, -0.1) is 11.8 Å². The second-order valence-corrected chi connectivity index (χ2v) is 6.50. The Morgan fingerprint density at radius 1 is 1.04 bits per heavy atom. The number of amides is 1. The zero-order valence-corrected chi connectivity index (χ0v) is 14.3. The van der Waals surface area contributed by atoms with E-state index in [1.165, 1.54) is 46.4 Å². The Bertz CT molecular complexity index is 894. The maximum Gasteiger partial charge on any atom is 0.250 e. The molecule has 3 aromatic rings. The van der Waals surface area contributed by atoms with Gasteiger partial charge in [-0.1, -0.05) is 54.6 Å². The number of rotatable bonds is 6. The molecular weight excluding hydrogens is 335 g/mol. The molecule has 25 heavy (non-hydrogen) atoms. The molecule has 0 fully saturated rings. The van der Waals surface area contributed by atoms with E-state index < -0.39 is 0 Å². The van der Waals surface area contributed by atoms with E-state index in [2.05, 4.69) is 40.9 Å². The lowest BCUT2D eigenvalue weighted by atomic mass is 10.1. The molecule has 0 aliphatic heterocycles.